The van der Waals surface area contributed by atoms with Crippen LogP contribution in [0.5, 0.6) is 0 Å². The van der Waals surface area contributed by atoms with Crippen molar-refractivity contribution in [3.8, 4) is 0 Å². The Hall–Kier alpha value is -1.59. The van der Waals surface area contributed by atoms with Crippen LogP contribution in [0.2, 0.25) is 0 Å². The van der Waals surface area contributed by atoms with Gasteiger partial charge in [0.1, 0.15) is 5.82 Å². The Kier molecular flexibility index (Phi) is 3.40. The van der Waals surface area contributed by atoms with Crippen molar-refractivity contribution in [1.29, 1.82) is 0 Å². The van der Waals surface area contributed by atoms with E-state index in [-0.39, 0.29) is 6.61 Å². The highest BCUT2D eigenvalue weighted by molar-refractivity contribution is 5.78. The van der Waals surface area contributed by atoms with Gasteiger partial charge in [-0.2, -0.15) is 0 Å². The molecule has 0 amide bonds. The van der Waals surface area contributed by atoms with Crippen molar-refractivity contribution in [3.63, 3.8) is 0 Å². The van der Waals surface area contributed by atoms with E-state index in [2.05, 4.69) is 14.9 Å². The number of nitrogens with two attached hydrogens (primary N) is 1. The molecule has 1 saturated heterocycles. The summed E-state index contributed by atoms with van der Waals surface area (Å²) in [5.74, 6) is 1.38. The molecule has 3 rings (SSSR count). The highest BCUT2D eigenvalue weighted by Gasteiger charge is 2.20. The molecule has 19 heavy (non-hydrogen) atoms. The summed E-state index contributed by atoms with van der Waals surface area (Å²) in [7, 11) is 0. The van der Waals surface area contributed by atoms with E-state index < -0.39 is 0 Å². The molecule has 4 N–H and O–H groups in total. The Labute approximate surface area is 112 Å². The molecule has 1 aromatic heterocycles. The number of hydrogen-bond donors (Lipinski definition) is 3. The maximum absolute atomic E-state index is 9.26. The molecule has 1 aromatic carbocycles. The number of likely N-dealkylation sites (tertiary alicyclic amines) is 1. The molecular weight excluding hydrogens is 240 g/mol. The first kappa shape index (κ1) is 12.4. The van der Waals surface area contributed by atoms with Crippen molar-refractivity contribution in [3.05, 3.63) is 24.0 Å². The monoisotopic (exact) mass is 260 g/mol. The fourth-order valence-corrected chi connectivity index (χ4v) is 2.81. The SMILES string of the molecule is Nc1ccc2nc(CN3CCCC(CO)C3)[nH]c2c1. The predicted octanol–water partition coefficient (Wildman–Crippen LogP) is 1.35. The summed E-state index contributed by atoms with van der Waals surface area (Å²) in [4.78, 5) is 10.3. The van der Waals surface area contributed by atoms with E-state index in [1.807, 2.05) is 18.2 Å². The summed E-state index contributed by atoms with van der Waals surface area (Å²) in [5, 5.41) is 9.26. The molecule has 102 valence electrons. The van der Waals surface area contributed by atoms with Gasteiger partial charge in [-0.05, 0) is 43.5 Å². The first-order valence-electron chi connectivity index (χ1n) is 6.82. The largest absolute Gasteiger partial charge is 0.399 e. The topological polar surface area (TPSA) is 78.2 Å². The second-order valence-corrected chi connectivity index (χ2v) is 5.39. The number of imidazole rings is 1. The van der Waals surface area contributed by atoms with E-state index in [0.29, 0.717) is 5.92 Å². The molecule has 1 fully saturated rings. The molecule has 5 heteroatoms. The quantitative estimate of drug-likeness (QED) is 0.728. The standard InChI is InChI=1S/C14H20N4O/c15-11-3-4-12-13(6-11)17-14(16-12)8-18-5-1-2-10(7-18)9-19/h3-4,6,10,19H,1-2,5,7-9,15H2,(H,16,17). The number of aromatic amines is 1. The van der Waals surface area contributed by atoms with Crippen molar-refractivity contribution >= 4 is 16.7 Å². The normalized spacial score (nSPS) is 21.0. The van der Waals surface area contributed by atoms with Gasteiger partial charge in [-0.15, -0.1) is 0 Å². The first-order valence-corrected chi connectivity index (χ1v) is 6.82. The van der Waals surface area contributed by atoms with Crippen LogP contribution in [0, 0.1) is 5.92 Å². The van der Waals surface area contributed by atoms with Crippen LogP contribution >= 0.6 is 0 Å². The number of nitrogen functional groups attached to an aromatic ring is 1. The van der Waals surface area contributed by atoms with Crippen molar-refractivity contribution < 1.29 is 5.11 Å². The van der Waals surface area contributed by atoms with Gasteiger partial charge in [-0.3, -0.25) is 4.90 Å². The summed E-state index contributed by atoms with van der Waals surface area (Å²) in [6.07, 6.45) is 2.28. The minimum Gasteiger partial charge on any atom is -0.399 e. The van der Waals surface area contributed by atoms with Crippen LogP contribution in [0.25, 0.3) is 11.0 Å². The van der Waals surface area contributed by atoms with Gasteiger partial charge < -0.3 is 15.8 Å². The number of piperidine rings is 1. The van der Waals surface area contributed by atoms with E-state index in [4.69, 9.17) is 5.73 Å². The lowest BCUT2D eigenvalue weighted by molar-refractivity contribution is 0.114. The molecule has 0 radical (unpaired) electrons. The van der Waals surface area contributed by atoms with Crippen molar-refractivity contribution in [2.75, 3.05) is 25.4 Å². The maximum Gasteiger partial charge on any atom is 0.121 e. The maximum atomic E-state index is 9.26. The van der Waals surface area contributed by atoms with E-state index in [9.17, 15) is 5.11 Å². The Morgan fingerprint density at radius 1 is 1.47 bits per heavy atom. The number of rotatable bonds is 3. The van der Waals surface area contributed by atoms with E-state index >= 15 is 0 Å². The van der Waals surface area contributed by atoms with E-state index in [0.717, 1.165) is 55.0 Å². The molecule has 1 atom stereocenters. The van der Waals surface area contributed by atoms with Crippen LogP contribution in [0.3, 0.4) is 0 Å². The highest BCUT2D eigenvalue weighted by atomic mass is 16.3. The molecule has 1 aliphatic heterocycles. The van der Waals surface area contributed by atoms with Gasteiger partial charge in [0.15, 0.2) is 0 Å². The van der Waals surface area contributed by atoms with E-state index in [1.165, 1.54) is 0 Å². The fourth-order valence-electron chi connectivity index (χ4n) is 2.81. The smallest absolute Gasteiger partial charge is 0.121 e. The van der Waals surface area contributed by atoms with Gasteiger partial charge in [0.05, 0.1) is 17.6 Å². The number of H-pyrrole nitrogens is 1. The van der Waals surface area contributed by atoms with Gasteiger partial charge in [0.2, 0.25) is 0 Å². The molecule has 2 heterocycles. The Bertz CT molecular complexity index is 566. The Morgan fingerprint density at radius 2 is 2.37 bits per heavy atom. The molecule has 0 bridgehead atoms. The van der Waals surface area contributed by atoms with Gasteiger partial charge in [-0.25, -0.2) is 4.98 Å². The van der Waals surface area contributed by atoms with Crippen molar-refractivity contribution in [2.24, 2.45) is 5.92 Å². The van der Waals surface area contributed by atoms with Gasteiger partial charge >= 0.3 is 0 Å². The highest BCUT2D eigenvalue weighted by Crippen LogP contribution is 2.19. The summed E-state index contributed by atoms with van der Waals surface area (Å²) < 4.78 is 0. The van der Waals surface area contributed by atoms with Crippen molar-refractivity contribution in [1.82, 2.24) is 14.9 Å². The van der Waals surface area contributed by atoms with Crippen molar-refractivity contribution in [2.45, 2.75) is 19.4 Å². The lowest BCUT2D eigenvalue weighted by Gasteiger charge is -2.30. The molecule has 5 nitrogen and oxygen atoms in total. The second-order valence-electron chi connectivity index (χ2n) is 5.39. The lowest BCUT2D eigenvalue weighted by atomic mass is 9.99. The van der Waals surface area contributed by atoms with Gasteiger partial charge in [0, 0.05) is 18.8 Å². The van der Waals surface area contributed by atoms with E-state index in [1.54, 1.807) is 0 Å². The number of fused-ring (bicyclic) bond motifs is 1. The van der Waals surface area contributed by atoms with Crippen LogP contribution in [-0.2, 0) is 6.54 Å². The number of aliphatic hydroxyl groups excluding tert-OH is 1. The number of hydrogen-bond acceptors (Lipinski definition) is 4. The van der Waals surface area contributed by atoms with Crippen LogP contribution in [-0.4, -0.2) is 39.7 Å². The minimum atomic E-state index is 0.285. The zero-order chi connectivity index (χ0) is 13.2. The third-order valence-electron chi connectivity index (χ3n) is 3.79. The number of aromatic nitrogens is 2. The molecular formula is C14H20N4O. The third-order valence-corrected chi connectivity index (χ3v) is 3.79. The second kappa shape index (κ2) is 5.19. The van der Waals surface area contributed by atoms with Crippen LogP contribution in [0.1, 0.15) is 18.7 Å². The number of anilines is 1. The lowest BCUT2D eigenvalue weighted by Crippen LogP contribution is -2.36. The molecule has 1 unspecified atom stereocenters. The zero-order valence-electron chi connectivity index (χ0n) is 11.0. The minimum absolute atomic E-state index is 0.285. The zero-order valence-corrected chi connectivity index (χ0v) is 11.0. The number of benzene rings is 1. The number of nitrogens with zero attached hydrogens (tertiary/aromatic N) is 2. The number of aliphatic hydroxyl groups is 1. The summed E-state index contributed by atoms with van der Waals surface area (Å²) in [6, 6.07) is 5.73. The molecule has 0 saturated carbocycles. The molecule has 2 aromatic rings. The average molecular weight is 260 g/mol. The Balaban J connectivity index is 1.74. The summed E-state index contributed by atoms with van der Waals surface area (Å²) in [5.41, 5.74) is 8.47. The molecule has 1 aliphatic rings. The summed E-state index contributed by atoms with van der Waals surface area (Å²) in [6.45, 7) is 3.13. The predicted molar refractivity (Wildman–Crippen MR) is 75.6 cm³/mol. The number of nitrogens with one attached hydrogen (secondary N) is 1. The van der Waals surface area contributed by atoms with Crippen LogP contribution in [0.4, 0.5) is 5.69 Å². The first-order chi connectivity index (χ1) is 9.24. The van der Waals surface area contributed by atoms with Gasteiger partial charge in [-0.1, -0.05) is 0 Å². The fraction of sp³-hybridized carbons (Fsp3) is 0.500. The average Bonchev–Trinajstić information content (AvgIpc) is 2.80. The van der Waals surface area contributed by atoms with Gasteiger partial charge in [0.25, 0.3) is 0 Å². The summed E-state index contributed by atoms with van der Waals surface area (Å²) >= 11 is 0. The molecule has 0 aliphatic carbocycles. The van der Waals surface area contributed by atoms with Crippen LogP contribution in [0.15, 0.2) is 18.2 Å². The molecule has 0 spiro atoms. The van der Waals surface area contributed by atoms with Crippen LogP contribution < -0.4 is 5.73 Å². The Morgan fingerprint density at radius 3 is 3.21 bits per heavy atom. The third kappa shape index (κ3) is 2.72.